The number of hydrogen-bond acceptors (Lipinski definition) is 6. The maximum Gasteiger partial charge on any atom is 0.309 e. The second-order valence-electron chi connectivity index (χ2n) is 6.08. The molecule has 1 aromatic heterocycles. The SMILES string of the molecule is CC[C@@H](C)N(Cc1ccc(OC)c(OS(=O)(=O)CC)c1)C(=O)c1ccco1. The van der Waals surface area contributed by atoms with Gasteiger partial charge in [0.05, 0.1) is 19.1 Å². The molecule has 2 rings (SSSR count). The minimum Gasteiger partial charge on any atom is -0.493 e. The van der Waals surface area contributed by atoms with Crippen LogP contribution < -0.4 is 8.92 Å². The topological polar surface area (TPSA) is 86.0 Å². The van der Waals surface area contributed by atoms with E-state index in [4.69, 9.17) is 13.3 Å². The molecule has 27 heavy (non-hydrogen) atoms. The van der Waals surface area contributed by atoms with Crippen LogP contribution >= 0.6 is 0 Å². The second kappa shape index (κ2) is 8.94. The average molecular weight is 395 g/mol. The Balaban J connectivity index is 2.33. The summed E-state index contributed by atoms with van der Waals surface area (Å²) in [5.74, 6) is 0.286. The summed E-state index contributed by atoms with van der Waals surface area (Å²) in [7, 11) is -2.26. The highest BCUT2D eigenvalue weighted by Gasteiger charge is 2.24. The number of ether oxygens (including phenoxy) is 1. The fraction of sp³-hybridized carbons (Fsp3) is 0.421. The van der Waals surface area contributed by atoms with Gasteiger partial charge in [-0.05, 0) is 50.1 Å². The predicted molar refractivity (Wildman–Crippen MR) is 101 cm³/mol. The van der Waals surface area contributed by atoms with Gasteiger partial charge in [-0.1, -0.05) is 13.0 Å². The lowest BCUT2D eigenvalue weighted by Crippen LogP contribution is -2.37. The van der Waals surface area contributed by atoms with Crippen LogP contribution in [0.5, 0.6) is 11.5 Å². The molecule has 8 heteroatoms. The molecule has 0 N–H and O–H groups in total. The second-order valence-corrected chi connectivity index (χ2v) is 7.94. The Morgan fingerprint density at radius 2 is 1.96 bits per heavy atom. The van der Waals surface area contributed by atoms with Crippen molar-refractivity contribution < 1.29 is 26.5 Å². The summed E-state index contributed by atoms with van der Waals surface area (Å²) in [6.45, 7) is 5.71. The van der Waals surface area contributed by atoms with E-state index in [0.717, 1.165) is 12.0 Å². The van der Waals surface area contributed by atoms with Crippen LogP contribution in [-0.2, 0) is 16.7 Å². The monoisotopic (exact) mass is 395 g/mol. The number of furan rings is 1. The Kier molecular flexibility index (Phi) is 6.90. The molecule has 148 valence electrons. The van der Waals surface area contributed by atoms with Crippen LogP contribution in [0.1, 0.15) is 43.3 Å². The van der Waals surface area contributed by atoms with E-state index in [-0.39, 0.29) is 35.8 Å². The van der Waals surface area contributed by atoms with Crippen LogP contribution in [-0.4, -0.2) is 38.1 Å². The van der Waals surface area contributed by atoms with Crippen molar-refractivity contribution in [3.05, 3.63) is 47.9 Å². The minimum atomic E-state index is -3.70. The van der Waals surface area contributed by atoms with Gasteiger partial charge in [-0.3, -0.25) is 4.79 Å². The van der Waals surface area contributed by atoms with E-state index in [1.807, 2.05) is 13.8 Å². The first kappa shape index (κ1) is 20.8. The zero-order valence-corrected chi connectivity index (χ0v) is 16.8. The molecule has 0 bridgehead atoms. The van der Waals surface area contributed by atoms with Crippen LogP contribution in [0.15, 0.2) is 41.0 Å². The zero-order chi connectivity index (χ0) is 20.0. The standard InChI is InChI=1S/C19H25NO6S/c1-5-14(3)20(19(21)17-8-7-11-25-17)13-15-9-10-16(24-4)18(12-15)26-27(22,23)6-2/h7-12,14H,5-6,13H2,1-4H3/t14-/m1/s1. The fourth-order valence-electron chi connectivity index (χ4n) is 2.47. The molecular weight excluding hydrogens is 370 g/mol. The van der Waals surface area contributed by atoms with Gasteiger partial charge >= 0.3 is 10.1 Å². The lowest BCUT2D eigenvalue weighted by atomic mass is 10.1. The van der Waals surface area contributed by atoms with Crippen molar-refractivity contribution in [1.82, 2.24) is 4.90 Å². The third kappa shape index (κ3) is 5.26. The molecule has 2 aromatic rings. The summed E-state index contributed by atoms with van der Waals surface area (Å²) in [5.41, 5.74) is 0.720. The number of benzene rings is 1. The fourth-order valence-corrected chi connectivity index (χ4v) is 2.99. The largest absolute Gasteiger partial charge is 0.493 e. The number of carbonyl (C=O) groups is 1. The van der Waals surface area contributed by atoms with Crippen molar-refractivity contribution in [3.8, 4) is 11.5 Å². The Hall–Kier alpha value is -2.48. The zero-order valence-electron chi connectivity index (χ0n) is 16.0. The van der Waals surface area contributed by atoms with Gasteiger partial charge in [0.1, 0.15) is 0 Å². The van der Waals surface area contributed by atoms with E-state index in [2.05, 4.69) is 0 Å². The summed E-state index contributed by atoms with van der Waals surface area (Å²) in [5, 5.41) is 0. The lowest BCUT2D eigenvalue weighted by molar-refractivity contribution is 0.0638. The van der Waals surface area contributed by atoms with E-state index in [0.29, 0.717) is 5.75 Å². The molecule has 0 aliphatic heterocycles. The van der Waals surface area contributed by atoms with E-state index in [9.17, 15) is 13.2 Å². The smallest absolute Gasteiger partial charge is 0.309 e. The Morgan fingerprint density at radius 1 is 1.22 bits per heavy atom. The molecule has 1 atom stereocenters. The Bertz CT molecular complexity index is 860. The van der Waals surface area contributed by atoms with Crippen molar-refractivity contribution in [1.29, 1.82) is 0 Å². The normalized spacial score (nSPS) is 12.4. The molecule has 0 radical (unpaired) electrons. The van der Waals surface area contributed by atoms with Crippen LogP contribution in [0.3, 0.4) is 0 Å². The summed E-state index contributed by atoms with van der Waals surface area (Å²) >= 11 is 0. The summed E-state index contributed by atoms with van der Waals surface area (Å²) in [4.78, 5) is 14.5. The quantitative estimate of drug-likeness (QED) is 0.605. The molecular formula is C19H25NO6S. The van der Waals surface area contributed by atoms with Crippen molar-refractivity contribution in [3.63, 3.8) is 0 Å². The highest BCUT2D eigenvalue weighted by atomic mass is 32.2. The first-order valence-corrected chi connectivity index (χ1v) is 10.3. The van der Waals surface area contributed by atoms with Crippen molar-refractivity contribution in [2.45, 2.75) is 39.8 Å². The number of methoxy groups -OCH3 is 1. The van der Waals surface area contributed by atoms with Crippen molar-refractivity contribution in [2.24, 2.45) is 0 Å². The van der Waals surface area contributed by atoms with Gasteiger partial charge in [-0.2, -0.15) is 8.42 Å². The maximum atomic E-state index is 12.8. The third-order valence-electron chi connectivity index (χ3n) is 4.27. The highest BCUT2D eigenvalue weighted by Crippen LogP contribution is 2.30. The van der Waals surface area contributed by atoms with Gasteiger partial charge in [0.25, 0.3) is 5.91 Å². The molecule has 0 fully saturated rings. The molecule has 0 aliphatic carbocycles. The van der Waals surface area contributed by atoms with Gasteiger partial charge in [-0.25, -0.2) is 0 Å². The molecule has 1 heterocycles. The van der Waals surface area contributed by atoms with E-state index < -0.39 is 10.1 Å². The van der Waals surface area contributed by atoms with Gasteiger partial charge in [0.2, 0.25) is 0 Å². The van der Waals surface area contributed by atoms with E-state index in [1.54, 1.807) is 35.2 Å². The van der Waals surface area contributed by atoms with Gasteiger partial charge in [0, 0.05) is 12.6 Å². The molecule has 0 aliphatic rings. The molecule has 0 spiro atoms. The number of nitrogens with zero attached hydrogens (tertiary/aromatic N) is 1. The van der Waals surface area contributed by atoms with Crippen molar-refractivity contribution >= 4 is 16.0 Å². The average Bonchev–Trinajstić information content (AvgIpc) is 3.19. The van der Waals surface area contributed by atoms with Crippen LogP contribution in [0.4, 0.5) is 0 Å². The Labute approximate surface area is 160 Å². The molecule has 1 amide bonds. The Morgan fingerprint density at radius 3 is 2.52 bits per heavy atom. The van der Waals surface area contributed by atoms with Crippen molar-refractivity contribution in [2.75, 3.05) is 12.9 Å². The van der Waals surface area contributed by atoms with Gasteiger partial charge in [0.15, 0.2) is 17.3 Å². The summed E-state index contributed by atoms with van der Waals surface area (Å²) in [6, 6.07) is 8.23. The van der Waals surface area contributed by atoms with Gasteiger partial charge in [-0.15, -0.1) is 0 Å². The molecule has 0 saturated heterocycles. The minimum absolute atomic E-state index is 0.0338. The first-order chi connectivity index (χ1) is 12.8. The lowest BCUT2D eigenvalue weighted by Gasteiger charge is -2.28. The van der Waals surface area contributed by atoms with Crippen LogP contribution in [0, 0.1) is 0 Å². The molecule has 7 nitrogen and oxygen atoms in total. The van der Waals surface area contributed by atoms with E-state index in [1.165, 1.54) is 20.3 Å². The van der Waals surface area contributed by atoms with Crippen LogP contribution in [0.25, 0.3) is 0 Å². The number of carbonyl (C=O) groups excluding carboxylic acids is 1. The molecule has 1 aromatic carbocycles. The highest BCUT2D eigenvalue weighted by molar-refractivity contribution is 7.87. The van der Waals surface area contributed by atoms with Crippen LogP contribution in [0.2, 0.25) is 0 Å². The number of amides is 1. The third-order valence-corrected chi connectivity index (χ3v) is 5.41. The molecule has 0 saturated carbocycles. The maximum absolute atomic E-state index is 12.8. The van der Waals surface area contributed by atoms with E-state index >= 15 is 0 Å². The van der Waals surface area contributed by atoms with Gasteiger partial charge < -0.3 is 18.2 Å². The molecule has 0 unspecified atom stereocenters. The number of rotatable bonds is 9. The summed E-state index contributed by atoms with van der Waals surface area (Å²) < 4.78 is 39.2. The first-order valence-electron chi connectivity index (χ1n) is 8.74. The summed E-state index contributed by atoms with van der Waals surface area (Å²) in [6.07, 6.45) is 2.22. The number of hydrogen-bond donors (Lipinski definition) is 0. The predicted octanol–water partition coefficient (Wildman–Crippen LogP) is 3.46.